The number of benzene rings is 2. The number of nitrogens with zero attached hydrogens (tertiary/aromatic N) is 3. The van der Waals surface area contributed by atoms with Crippen LogP contribution < -0.4 is 0 Å². The van der Waals surface area contributed by atoms with Crippen LogP contribution in [-0.2, 0) is 11.3 Å². The van der Waals surface area contributed by atoms with E-state index in [1.807, 2.05) is 42.5 Å². The Morgan fingerprint density at radius 3 is 2.61 bits per heavy atom. The van der Waals surface area contributed by atoms with Gasteiger partial charge in [0.2, 0.25) is 0 Å². The molecule has 154 valence electrons. The van der Waals surface area contributed by atoms with Crippen LogP contribution in [0.15, 0.2) is 60.9 Å². The molecule has 1 amide bonds. The van der Waals surface area contributed by atoms with Crippen molar-refractivity contribution in [2.24, 2.45) is 0 Å². The van der Waals surface area contributed by atoms with Crippen molar-refractivity contribution in [2.75, 3.05) is 13.7 Å². The summed E-state index contributed by atoms with van der Waals surface area (Å²) in [6, 6.07) is 16.9. The lowest BCUT2D eigenvalue weighted by Crippen LogP contribution is -2.26. The maximum Gasteiger partial charge on any atom is 0.359 e. The molecule has 6 nitrogen and oxygen atoms in total. The number of amides is 1. The van der Waals surface area contributed by atoms with Gasteiger partial charge in [-0.3, -0.25) is 9.20 Å². The highest BCUT2D eigenvalue weighted by Gasteiger charge is 2.22. The molecular formula is C25H21N3O3. The number of terminal acetylenes is 1. The number of imidazole rings is 1. The molecule has 2 aromatic carbocycles. The minimum absolute atomic E-state index is 0.171. The largest absolute Gasteiger partial charge is 0.461 e. The molecule has 4 rings (SSSR count). The standard InChI is InChI=1S/C25H21N3O3/c1-4-17-11-12-21-19(13-17)20(24(29)27(3)15-18-9-7-6-8-10-18)14-22-23(25(30)31-5-2)26-16-28(21)22/h1,6-14,16H,5,15H2,2-3H3. The van der Waals surface area contributed by atoms with Crippen molar-refractivity contribution in [1.82, 2.24) is 14.3 Å². The van der Waals surface area contributed by atoms with Crippen LogP contribution in [0.1, 0.15) is 38.9 Å². The van der Waals surface area contributed by atoms with Crippen LogP contribution in [0, 0.1) is 12.3 Å². The van der Waals surface area contributed by atoms with Crippen LogP contribution in [0.4, 0.5) is 0 Å². The van der Waals surface area contributed by atoms with Gasteiger partial charge in [-0.25, -0.2) is 9.78 Å². The van der Waals surface area contributed by atoms with Crippen molar-refractivity contribution in [1.29, 1.82) is 0 Å². The third-order valence-electron chi connectivity index (χ3n) is 5.11. The van der Waals surface area contributed by atoms with E-state index < -0.39 is 5.97 Å². The Morgan fingerprint density at radius 2 is 1.90 bits per heavy atom. The van der Waals surface area contributed by atoms with E-state index in [1.54, 1.807) is 41.7 Å². The highest BCUT2D eigenvalue weighted by atomic mass is 16.5. The van der Waals surface area contributed by atoms with Gasteiger partial charge < -0.3 is 9.64 Å². The molecule has 2 heterocycles. The Hall–Kier alpha value is -4.11. The Labute approximate surface area is 180 Å². The lowest BCUT2D eigenvalue weighted by Gasteiger charge is -2.19. The monoisotopic (exact) mass is 411 g/mol. The highest BCUT2D eigenvalue weighted by molar-refractivity contribution is 6.09. The molecule has 6 heteroatoms. The first kappa shape index (κ1) is 20.2. The molecule has 0 saturated carbocycles. The number of carbonyl (C=O) groups is 2. The maximum absolute atomic E-state index is 13.5. The Balaban J connectivity index is 1.88. The number of rotatable bonds is 5. The number of hydrogen-bond acceptors (Lipinski definition) is 4. The number of aromatic nitrogens is 2. The van der Waals surface area contributed by atoms with Crippen molar-refractivity contribution in [3.63, 3.8) is 0 Å². The maximum atomic E-state index is 13.5. The van der Waals surface area contributed by atoms with Crippen LogP contribution in [-0.4, -0.2) is 39.8 Å². The highest BCUT2D eigenvalue weighted by Crippen LogP contribution is 2.26. The molecule has 0 bridgehead atoms. The van der Waals surface area contributed by atoms with Crippen LogP contribution in [0.25, 0.3) is 16.4 Å². The van der Waals surface area contributed by atoms with E-state index in [2.05, 4.69) is 10.9 Å². The van der Waals surface area contributed by atoms with E-state index in [1.165, 1.54) is 0 Å². The summed E-state index contributed by atoms with van der Waals surface area (Å²) in [4.78, 5) is 31.7. The minimum Gasteiger partial charge on any atom is -0.461 e. The van der Waals surface area contributed by atoms with Crippen molar-refractivity contribution < 1.29 is 14.3 Å². The molecule has 0 radical (unpaired) electrons. The zero-order valence-electron chi connectivity index (χ0n) is 17.3. The zero-order valence-corrected chi connectivity index (χ0v) is 17.3. The molecule has 0 aliphatic heterocycles. The van der Waals surface area contributed by atoms with Gasteiger partial charge in [-0.1, -0.05) is 36.3 Å². The average Bonchev–Trinajstić information content (AvgIpc) is 3.22. The average molecular weight is 411 g/mol. The molecule has 0 spiro atoms. The summed E-state index contributed by atoms with van der Waals surface area (Å²) in [5, 5.41) is 0.695. The number of ether oxygens (including phenoxy) is 1. The zero-order chi connectivity index (χ0) is 22.0. The normalized spacial score (nSPS) is 10.7. The fraction of sp³-hybridized carbons (Fsp3) is 0.160. The summed E-state index contributed by atoms with van der Waals surface area (Å²) in [5.74, 6) is 1.91. The second-order valence-electron chi connectivity index (χ2n) is 7.15. The van der Waals surface area contributed by atoms with Gasteiger partial charge in [0.1, 0.15) is 6.33 Å². The fourth-order valence-electron chi connectivity index (χ4n) is 3.62. The van der Waals surface area contributed by atoms with Crippen molar-refractivity contribution in [3.05, 3.63) is 83.3 Å². The summed E-state index contributed by atoms with van der Waals surface area (Å²) in [6.45, 7) is 2.42. The molecule has 0 saturated heterocycles. The van der Waals surface area contributed by atoms with Gasteiger partial charge in [-0.05, 0) is 36.8 Å². The van der Waals surface area contributed by atoms with Gasteiger partial charge in [-0.15, -0.1) is 6.42 Å². The summed E-state index contributed by atoms with van der Waals surface area (Å²) >= 11 is 0. The first-order valence-electron chi connectivity index (χ1n) is 9.90. The number of carbonyl (C=O) groups excluding carboxylic acids is 2. The first-order valence-corrected chi connectivity index (χ1v) is 9.90. The second-order valence-corrected chi connectivity index (χ2v) is 7.15. The van der Waals surface area contributed by atoms with Crippen LogP contribution >= 0.6 is 0 Å². The predicted molar refractivity (Wildman–Crippen MR) is 119 cm³/mol. The molecule has 4 aromatic rings. The number of fused-ring (bicyclic) bond motifs is 3. The molecule has 0 aliphatic rings. The van der Waals surface area contributed by atoms with Gasteiger partial charge in [-0.2, -0.15) is 0 Å². The van der Waals surface area contributed by atoms with Gasteiger partial charge >= 0.3 is 5.97 Å². The predicted octanol–water partition coefficient (Wildman–Crippen LogP) is 3.92. The summed E-state index contributed by atoms with van der Waals surface area (Å²) in [7, 11) is 1.75. The topological polar surface area (TPSA) is 63.9 Å². The Bertz CT molecular complexity index is 1330. The number of esters is 1. The van der Waals surface area contributed by atoms with Crippen molar-refractivity contribution in [2.45, 2.75) is 13.5 Å². The minimum atomic E-state index is -0.527. The van der Waals surface area contributed by atoms with E-state index >= 15 is 0 Å². The Kier molecular flexibility index (Phi) is 5.42. The molecule has 0 atom stereocenters. The van der Waals surface area contributed by atoms with E-state index in [4.69, 9.17) is 11.2 Å². The van der Waals surface area contributed by atoms with E-state index in [0.717, 1.165) is 11.1 Å². The van der Waals surface area contributed by atoms with E-state index in [-0.39, 0.29) is 18.2 Å². The van der Waals surface area contributed by atoms with Crippen LogP contribution in [0.3, 0.4) is 0 Å². The van der Waals surface area contributed by atoms with Crippen molar-refractivity contribution in [3.8, 4) is 12.3 Å². The smallest absolute Gasteiger partial charge is 0.359 e. The van der Waals surface area contributed by atoms with Gasteiger partial charge in [0, 0.05) is 24.5 Å². The third kappa shape index (κ3) is 3.74. The fourth-order valence-corrected chi connectivity index (χ4v) is 3.62. The molecular weight excluding hydrogens is 390 g/mol. The number of pyridine rings is 1. The van der Waals surface area contributed by atoms with Crippen molar-refractivity contribution >= 4 is 28.3 Å². The molecule has 31 heavy (non-hydrogen) atoms. The molecule has 0 unspecified atom stereocenters. The molecule has 0 N–H and O–H groups in total. The Morgan fingerprint density at radius 1 is 1.13 bits per heavy atom. The second kappa shape index (κ2) is 8.33. The van der Waals surface area contributed by atoms with E-state index in [9.17, 15) is 9.59 Å². The quantitative estimate of drug-likeness (QED) is 0.369. The van der Waals surface area contributed by atoms with Gasteiger partial charge in [0.05, 0.1) is 23.2 Å². The van der Waals surface area contributed by atoms with Gasteiger partial charge in [0.15, 0.2) is 5.69 Å². The number of hydrogen-bond donors (Lipinski definition) is 0. The lowest BCUT2D eigenvalue weighted by atomic mass is 10.0. The van der Waals surface area contributed by atoms with Crippen LogP contribution in [0.5, 0.6) is 0 Å². The van der Waals surface area contributed by atoms with E-state index in [0.29, 0.717) is 28.6 Å². The first-order chi connectivity index (χ1) is 15.0. The molecule has 0 fully saturated rings. The molecule has 0 aliphatic carbocycles. The summed E-state index contributed by atoms with van der Waals surface area (Å²) < 4.78 is 6.91. The lowest BCUT2D eigenvalue weighted by molar-refractivity contribution is 0.0522. The van der Waals surface area contributed by atoms with Crippen LogP contribution in [0.2, 0.25) is 0 Å². The third-order valence-corrected chi connectivity index (χ3v) is 5.11. The summed E-state index contributed by atoms with van der Waals surface area (Å²) in [6.07, 6.45) is 7.15. The summed E-state index contributed by atoms with van der Waals surface area (Å²) in [5.41, 5.74) is 3.54. The SMILES string of the molecule is C#Cc1ccc2c(c1)c(C(=O)N(C)Cc1ccccc1)cc1c(C(=O)OCC)ncn12. The van der Waals surface area contributed by atoms with Gasteiger partial charge in [0.25, 0.3) is 5.91 Å². The molecule has 2 aromatic heterocycles.